The molecule has 1 saturated heterocycles. The van der Waals surface area contributed by atoms with Crippen molar-refractivity contribution in [3.63, 3.8) is 0 Å². The second-order valence-corrected chi connectivity index (χ2v) is 5.71. The minimum absolute atomic E-state index is 0. The van der Waals surface area contributed by atoms with Gasteiger partial charge in [-0.25, -0.2) is 4.79 Å². The van der Waals surface area contributed by atoms with Crippen LogP contribution in [-0.2, 0) is 37.1 Å². The van der Waals surface area contributed by atoms with Crippen molar-refractivity contribution in [2.75, 3.05) is 6.54 Å². The van der Waals surface area contributed by atoms with Crippen molar-refractivity contribution in [1.82, 2.24) is 14.9 Å². The minimum Gasteiger partial charge on any atom is -0.684 e. The molecule has 2 N–H and O–H groups in total. The predicted molar refractivity (Wildman–Crippen MR) is 80.2 cm³/mol. The van der Waals surface area contributed by atoms with Gasteiger partial charge in [-0.2, -0.15) is 0 Å². The van der Waals surface area contributed by atoms with Gasteiger partial charge >= 0.3 is 5.69 Å². The molecule has 120 valence electrons. The average Bonchev–Trinajstić information content (AvgIpc) is 2.84. The molecular formula is C15H15N4O3W-. The van der Waals surface area contributed by atoms with Crippen molar-refractivity contribution < 1.29 is 30.7 Å². The second-order valence-electron chi connectivity index (χ2n) is 5.71. The summed E-state index contributed by atoms with van der Waals surface area (Å²) >= 11 is 0. The molecule has 1 fully saturated rings. The average molecular weight is 483 g/mol. The number of aromatic nitrogens is 2. The Kier molecular flexibility index (Phi) is 4.15. The maximum atomic E-state index is 12.4. The number of fused-ring (bicyclic) bond motifs is 3. The molecule has 1 aromatic heterocycles. The first kappa shape index (κ1) is 16.0. The van der Waals surface area contributed by atoms with Crippen LogP contribution in [0, 0.1) is 0 Å². The van der Waals surface area contributed by atoms with Crippen LogP contribution >= 0.6 is 0 Å². The number of piperidine rings is 1. The maximum absolute atomic E-state index is 12.4. The summed E-state index contributed by atoms with van der Waals surface area (Å²) in [4.78, 5) is 38.6. The first-order chi connectivity index (χ1) is 10.6. The fourth-order valence-corrected chi connectivity index (χ4v) is 3.35. The molecule has 2 aliphatic rings. The van der Waals surface area contributed by atoms with Crippen LogP contribution < -0.4 is 11.0 Å². The Hall–Kier alpha value is -1.88. The second kappa shape index (κ2) is 5.96. The molecule has 4 rings (SSSR count). The van der Waals surface area contributed by atoms with Crippen LogP contribution in [0.5, 0.6) is 0 Å². The van der Waals surface area contributed by atoms with E-state index in [0.29, 0.717) is 11.9 Å². The molecular weight excluding hydrogens is 468 g/mol. The van der Waals surface area contributed by atoms with Crippen LogP contribution in [0.1, 0.15) is 30.9 Å². The summed E-state index contributed by atoms with van der Waals surface area (Å²) in [5.74, 6) is -0.698. The zero-order valence-corrected chi connectivity index (χ0v) is 15.2. The maximum Gasteiger partial charge on any atom is 0.327 e. The molecule has 1 unspecified atom stereocenters. The minimum atomic E-state index is -0.646. The number of carbonyl (C=O) groups is 2. The van der Waals surface area contributed by atoms with Crippen LogP contribution in [0.2, 0.25) is 0 Å². The quantitative estimate of drug-likeness (QED) is 0.598. The fourth-order valence-electron chi connectivity index (χ4n) is 3.35. The molecule has 7 nitrogen and oxygen atoms in total. The number of aryl methyl sites for hydroxylation is 1. The number of imidazole rings is 1. The number of nitrogens with one attached hydrogen (secondary N) is 2. The third kappa shape index (κ3) is 2.53. The van der Waals surface area contributed by atoms with Gasteiger partial charge in [0.25, 0.3) is 0 Å². The van der Waals surface area contributed by atoms with Crippen LogP contribution in [0.15, 0.2) is 16.9 Å². The number of benzene rings is 1. The van der Waals surface area contributed by atoms with E-state index in [2.05, 4.69) is 15.6 Å². The third-order valence-electron chi connectivity index (χ3n) is 4.35. The largest absolute Gasteiger partial charge is 0.684 e. The normalized spacial score (nSPS) is 20.4. The van der Waals surface area contributed by atoms with Crippen molar-refractivity contribution >= 4 is 28.5 Å². The molecule has 0 aliphatic carbocycles. The molecule has 23 heavy (non-hydrogen) atoms. The number of carbonyl (C=O) groups excluding carboxylic acids is 2. The van der Waals surface area contributed by atoms with Crippen molar-refractivity contribution in [3.05, 3.63) is 33.5 Å². The van der Waals surface area contributed by atoms with Crippen molar-refractivity contribution in [1.29, 1.82) is 0 Å². The van der Waals surface area contributed by atoms with E-state index in [-0.39, 0.29) is 39.1 Å². The smallest absolute Gasteiger partial charge is 0.327 e. The van der Waals surface area contributed by atoms with Crippen LogP contribution in [0.25, 0.3) is 16.4 Å². The van der Waals surface area contributed by atoms with Crippen LogP contribution in [-0.4, -0.2) is 27.9 Å². The van der Waals surface area contributed by atoms with Gasteiger partial charge in [-0.1, -0.05) is 12.5 Å². The molecule has 2 aliphatic heterocycles. The van der Waals surface area contributed by atoms with Gasteiger partial charge in [-0.15, -0.1) is 12.2 Å². The van der Waals surface area contributed by atoms with Gasteiger partial charge in [0.1, 0.15) is 6.04 Å². The molecule has 0 bridgehead atoms. The zero-order valence-electron chi connectivity index (χ0n) is 12.3. The van der Waals surface area contributed by atoms with Gasteiger partial charge in [-0.3, -0.25) is 19.5 Å². The van der Waals surface area contributed by atoms with Gasteiger partial charge in [-0.05, 0) is 24.5 Å². The molecule has 1 atom stereocenters. The van der Waals surface area contributed by atoms with E-state index >= 15 is 0 Å². The molecule has 0 spiro atoms. The molecule has 8 heteroatoms. The topological polar surface area (TPSA) is 98.1 Å². The van der Waals surface area contributed by atoms with Crippen LogP contribution in [0.3, 0.4) is 0 Å². The monoisotopic (exact) mass is 483 g/mol. The van der Waals surface area contributed by atoms with Gasteiger partial charge in [0.15, 0.2) is 0 Å². The van der Waals surface area contributed by atoms with Gasteiger partial charge in [0.2, 0.25) is 11.8 Å². The standard InChI is InChI=1S/C15H15N4O3.W/c20-12-6-5-11(14(21)18-12)19-13-8-2-1-7-16-9(8)3-4-10(13)17-15(19)22;/h3-4,11H,1-2,5-7H2,(H,17,22)(H,18,20,21);/q-1;. The van der Waals surface area contributed by atoms with E-state index in [1.165, 1.54) is 4.57 Å². The van der Waals surface area contributed by atoms with E-state index in [1.54, 1.807) is 0 Å². The fraction of sp³-hybridized carbons (Fsp3) is 0.400. The predicted octanol–water partition coefficient (Wildman–Crippen LogP) is 1.26. The Balaban J connectivity index is 0.00000156. The number of hydrogen-bond acceptors (Lipinski definition) is 3. The summed E-state index contributed by atoms with van der Waals surface area (Å²) in [6.07, 6.45) is 2.36. The van der Waals surface area contributed by atoms with Gasteiger partial charge < -0.3 is 10.3 Å². The van der Waals surface area contributed by atoms with Crippen molar-refractivity contribution in [3.8, 4) is 0 Å². The molecule has 0 saturated carbocycles. The SMILES string of the molecule is O=C1CCC(n2c(=O)[nH]c3ccc4c(c32)CCC[N-]4)C(=O)N1.[W]. The Bertz CT molecular complexity index is 854. The molecule has 0 radical (unpaired) electrons. The number of hydrogen-bond donors (Lipinski definition) is 2. The summed E-state index contributed by atoms with van der Waals surface area (Å²) in [6, 6.07) is 3.08. The van der Waals surface area contributed by atoms with E-state index in [9.17, 15) is 14.4 Å². The molecule has 3 heterocycles. The summed E-state index contributed by atoms with van der Waals surface area (Å²) < 4.78 is 1.50. The number of aromatic amines is 1. The van der Waals surface area contributed by atoms with E-state index < -0.39 is 11.9 Å². The van der Waals surface area contributed by atoms with Gasteiger partial charge in [0, 0.05) is 27.5 Å². The molecule has 1 aromatic carbocycles. The summed E-state index contributed by atoms with van der Waals surface area (Å²) in [6.45, 7) is 0.783. The molecule has 2 amide bonds. The van der Waals surface area contributed by atoms with Crippen molar-refractivity contribution in [2.24, 2.45) is 0 Å². The Morgan fingerprint density at radius 1 is 1.17 bits per heavy atom. The Morgan fingerprint density at radius 3 is 2.78 bits per heavy atom. The van der Waals surface area contributed by atoms with Crippen molar-refractivity contribution in [2.45, 2.75) is 31.7 Å². The van der Waals surface area contributed by atoms with E-state index in [0.717, 1.165) is 36.2 Å². The summed E-state index contributed by atoms with van der Waals surface area (Å²) in [7, 11) is 0. The third-order valence-corrected chi connectivity index (χ3v) is 4.35. The van der Waals surface area contributed by atoms with E-state index in [4.69, 9.17) is 0 Å². The van der Waals surface area contributed by atoms with Gasteiger partial charge in [0.05, 0.1) is 11.0 Å². The zero-order chi connectivity index (χ0) is 15.3. The Labute approximate surface area is 146 Å². The number of rotatable bonds is 1. The van der Waals surface area contributed by atoms with Crippen LogP contribution in [0.4, 0.5) is 5.69 Å². The molecule has 2 aromatic rings. The van der Waals surface area contributed by atoms with E-state index in [1.807, 2.05) is 12.1 Å². The number of imide groups is 1. The number of amides is 2. The Morgan fingerprint density at radius 2 is 2.00 bits per heavy atom. The number of H-pyrrole nitrogens is 1. The summed E-state index contributed by atoms with van der Waals surface area (Å²) in [5, 5.41) is 6.80. The first-order valence-corrected chi connectivity index (χ1v) is 7.42. The summed E-state index contributed by atoms with van der Waals surface area (Å²) in [5.41, 5.74) is 3.04. The number of nitrogens with zero attached hydrogens (tertiary/aromatic N) is 2. The first-order valence-electron chi connectivity index (χ1n) is 7.42.